The van der Waals surface area contributed by atoms with E-state index in [0.29, 0.717) is 17.2 Å². The molecule has 0 aliphatic heterocycles. The van der Waals surface area contributed by atoms with Crippen LogP contribution in [0, 0.1) is 6.92 Å². The first-order valence-corrected chi connectivity index (χ1v) is 11.9. The minimum absolute atomic E-state index is 0.0269. The fraction of sp³-hybridized carbons (Fsp3) is 0.174. The van der Waals surface area contributed by atoms with E-state index < -0.39 is 22.5 Å². The van der Waals surface area contributed by atoms with Gasteiger partial charge in [-0.1, -0.05) is 40.9 Å². The number of hydrogen-bond donors (Lipinski definition) is 1. The second kappa shape index (κ2) is 10.3. The van der Waals surface area contributed by atoms with E-state index in [0.717, 1.165) is 9.87 Å². The van der Waals surface area contributed by atoms with Crippen molar-refractivity contribution in [3.05, 3.63) is 76.3 Å². The maximum absolute atomic E-state index is 13.5. The molecule has 3 aromatic carbocycles. The Kier molecular flexibility index (Phi) is 7.73. The lowest BCUT2D eigenvalue weighted by Gasteiger charge is -2.25. The summed E-state index contributed by atoms with van der Waals surface area (Å²) in [5, 5.41) is 3.15. The highest BCUT2D eigenvalue weighted by atomic mass is 35.5. The molecule has 0 aliphatic carbocycles. The van der Waals surface area contributed by atoms with Crippen molar-refractivity contribution >= 4 is 50.5 Å². The van der Waals surface area contributed by atoms with Gasteiger partial charge in [0.05, 0.1) is 30.5 Å². The highest BCUT2D eigenvalue weighted by Gasteiger charge is 2.28. The summed E-state index contributed by atoms with van der Waals surface area (Å²) in [7, 11) is -1.15. The van der Waals surface area contributed by atoms with Gasteiger partial charge in [-0.25, -0.2) is 8.42 Å². The lowest BCUT2D eigenvalue weighted by molar-refractivity contribution is -0.114. The third kappa shape index (κ3) is 5.90. The van der Waals surface area contributed by atoms with Crippen LogP contribution < -0.4 is 19.1 Å². The summed E-state index contributed by atoms with van der Waals surface area (Å²) in [6.07, 6.45) is 0. The second-order valence-electron chi connectivity index (χ2n) is 7.07. The molecule has 0 bridgehead atoms. The Morgan fingerprint density at radius 3 is 2.15 bits per heavy atom. The molecule has 1 amide bonds. The number of amides is 1. The van der Waals surface area contributed by atoms with E-state index >= 15 is 0 Å². The molecule has 0 unspecified atom stereocenters. The lowest BCUT2D eigenvalue weighted by Crippen LogP contribution is -2.38. The number of carbonyl (C=O) groups excluding carboxylic acids is 1. The first kappa shape index (κ1) is 24.7. The summed E-state index contributed by atoms with van der Waals surface area (Å²) in [6, 6.07) is 15.5. The summed E-state index contributed by atoms with van der Waals surface area (Å²) in [5.74, 6) is 0.314. The summed E-state index contributed by atoms with van der Waals surface area (Å²) < 4.78 is 38.4. The fourth-order valence-corrected chi connectivity index (χ4v) is 4.98. The van der Waals surface area contributed by atoms with Gasteiger partial charge in [0.1, 0.15) is 18.0 Å². The number of sulfonamides is 1. The monoisotopic (exact) mass is 508 g/mol. The van der Waals surface area contributed by atoms with Crippen molar-refractivity contribution in [2.45, 2.75) is 11.8 Å². The molecule has 7 nitrogen and oxygen atoms in total. The highest BCUT2D eigenvalue weighted by molar-refractivity contribution is 7.92. The number of aryl methyl sites for hydroxylation is 1. The minimum Gasteiger partial charge on any atom is -0.497 e. The normalized spacial score (nSPS) is 11.1. The highest BCUT2D eigenvalue weighted by Crippen LogP contribution is 2.31. The summed E-state index contributed by atoms with van der Waals surface area (Å²) in [6.45, 7) is 1.32. The van der Waals surface area contributed by atoms with Crippen LogP contribution in [0.25, 0.3) is 0 Å². The zero-order valence-corrected chi connectivity index (χ0v) is 20.5. The Morgan fingerprint density at radius 2 is 1.58 bits per heavy atom. The number of ether oxygens (including phenoxy) is 2. The van der Waals surface area contributed by atoms with E-state index in [9.17, 15) is 13.2 Å². The number of anilines is 2. The van der Waals surface area contributed by atoms with Crippen molar-refractivity contribution in [3.8, 4) is 11.5 Å². The molecule has 0 heterocycles. The fourth-order valence-electron chi connectivity index (χ4n) is 3.06. The van der Waals surface area contributed by atoms with Crippen LogP contribution in [0.4, 0.5) is 11.4 Å². The molecule has 0 spiro atoms. The van der Waals surface area contributed by atoms with E-state index in [1.165, 1.54) is 44.6 Å². The number of halogens is 2. The van der Waals surface area contributed by atoms with Gasteiger partial charge in [0.2, 0.25) is 5.91 Å². The van der Waals surface area contributed by atoms with E-state index in [1.54, 1.807) is 30.3 Å². The number of methoxy groups -OCH3 is 2. The van der Waals surface area contributed by atoms with Crippen LogP contribution in [-0.2, 0) is 14.8 Å². The largest absolute Gasteiger partial charge is 0.497 e. The van der Waals surface area contributed by atoms with Crippen molar-refractivity contribution in [3.63, 3.8) is 0 Å². The Hall–Kier alpha value is -2.94. The lowest BCUT2D eigenvalue weighted by atomic mass is 10.2. The van der Waals surface area contributed by atoms with Gasteiger partial charge < -0.3 is 14.8 Å². The molecule has 0 radical (unpaired) electrons. The summed E-state index contributed by atoms with van der Waals surface area (Å²) in [4.78, 5) is 13.0. The van der Waals surface area contributed by atoms with Crippen LogP contribution >= 0.6 is 23.2 Å². The zero-order valence-electron chi connectivity index (χ0n) is 18.1. The van der Waals surface area contributed by atoms with Crippen LogP contribution in [0.2, 0.25) is 10.0 Å². The minimum atomic E-state index is -4.11. The van der Waals surface area contributed by atoms with Crippen LogP contribution in [0.1, 0.15) is 5.56 Å². The summed E-state index contributed by atoms with van der Waals surface area (Å²) in [5.41, 5.74) is 1.42. The van der Waals surface area contributed by atoms with Gasteiger partial charge in [0.15, 0.2) is 0 Å². The predicted octanol–water partition coefficient (Wildman–Crippen LogP) is 5.15. The van der Waals surface area contributed by atoms with Gasteiger partial charge in [-0.3, -0.25) is 9.10 Å². The number of benzene rings is 3. The predicted molar refractivity (Wildman–Crippen MR) is 130 cm³/mol. The van der Waals surface area contributed by atoms with Gasteiger partial charge >= 0.3 is 0 Å². The van der Waals surface area contributed by atoms with Crippen LogP contribution in [0.3, 0.4) is 0 Å². The molecule has 0 fully saturated rings. The molecule has 0 saturated heterocycles. The number of hydrogen-bond acceptors (Lipinski definition) is 5. The zero-order chi connectivity index (χ0) is 24.2. The number of rotatable bonds is 8. The number of carbonyl (C=O) groups is 1. The molecular weight excluding hydrogens is 487 g/mol. The Labute approximate surface area is 202 Å². The molecule has 3 rings (SSSR count). The smallest absolute Gasteiger partial charge is 0.264 e. The maximum atomic E-state index is 13.5. The topological polar surface area (TPSA) is 84.9 Å². The Balaban J connectivity index is 1.98. The van der Waals surface area contributed by atoms with Gasteiger partial charge in [-0.05, 0) is 49.4 Å². The van der Waals surface area contributed by atoms with E-state index in [4.69, 9.17) is 32.7 Å². The molecule has 33 heavy (non-hydrogen) atoms. The molecule has 174 valence electrons. The first-order valence-electron chi connectivity index (χ1n) is 9.71. The molecule has 3 aromatic rings. The maximum Gasteiger partial charge on any atom is 0.264 e. The van der Waals surface area contributed by atoms with Crippen LogP contribution in [-0.4, -0.2) is 35.1 Å². The SMILES string of the molecule is COc1ccc(NC(=O)CN(c2cc(Cl)cc(Cl)c2)S(=O)(=O)c2ccc(C)cc2)c(OC)c1. The average molecular weight is 509 g/mol. The van der Waals surface area contributed by atoms with Crippen molar-refractivity contribution in [2.75, 3.05) is 30.4 Å². The van der Waals surface area contributed by atoms with Crippen molar-refractivity contribution in [2.24, 2.45) is 0 Å². The van der Waals surface area contributed by atoms with Gasteiger partial charge in [-0.2, -0.15) is 0 Å². The van der Waals surface area contributed by atoms with Gasteiger partial charge in [0, 0.05) is 16.1 Å². The molecule has 1 N–H and O–H groups in total. The Bertz CT molecular complexity index is 1240. The van der Waals surface area contributed by atoms with Gasteiger partial charge in [-0.15, -0.1) is 0 Å². The van der Waals surface area contributed by atoms with Crippen molar-refractivity contribution in [1.29, 1.82) is 0 Å². The Morgan fingerprint density at radius 1 is 0.939 bits per heavy atom. The second-order valence-corrected chi connectivity index (χ2v) is 9.80. The van der Waals surface area contributed by atoms with Crippen LogP contribution in [0.5, 0.6) is 11.5 Å². The first-order chi connectivity index (χ1) is 15.6. The van der Waals surface area contributed by atoms with Gasteiger partial charge in [0.25, 0.3) is 10.0 Å². The quantitative estimate of drug-likeness (QED) is 0.454. The molecule has 0 atom stereocenters. The van der Waals surface area contributed by atoms with E-state index in [1.807, 2.05) is 6.92 Å². The number of nitrogens with zero attached hydrogens (tertiary/aromatic N) is 1. The average Bonchev–Trinajstić information content (AvgIpc) is 2.77. The summed E-state index contributed by atoms with van der Waals surface area (Å²) >= 11 is 12.2. The standard InChI is InChI=1S/C23H22Cl2N2O5S/c1-15-4-7-20(8-5-15)33(29,30)27(18-11-16(24)10-17(25)12-18)14-23(28)26-21-9-6-19(31-2)13-22(21)32-3/h4-13H,14H2,1-3H3,(H,26,28). The number of nitrogens with one attached hydrogen (secondary N) is 1. The van der Waals surface area contributed by atoms with Crippen LogP contribution in [0.15, 0.2) is 65.6 Å². The van der Waals surface area contributed by atoms with E-state index in [2.05, 4.69) is 5.32 Å². The molecular formula is C23H22Cl2N2O5S. The molecule has 10 heteroatoms. The molecule has 0 aliphatic rings. The third-order valence-electron chi connectivity index (χ3n) is 4.71. The molecule has 0 aromatic heterocycles. The van der Waals surface area contributed by atoms with Crippen molar-refractivity contribution in [1.82, 2.24) is 0 Å². The third-order valence-corrected chi connectivity index (χ3v) is 6.94. The molecule has 0 saturated carbocycles. The van der Waals surface area contributed by atoms with E-state index in [-0.39, 0.29) is 20.6 Å². The van der Waals surface area contributed by atoms with Crippen molar-refractivity contribution < 1.29 is 22.7 Å².